The highest BCUT2D eigenvalue weighted by atomic mass is 16.6. The van der Waals surface area contributed by atoms with Gasteiger partial charge in [-0.15, -0.1) is 0 Å². The number of hydrogen-bond donors (Lipinski definition) is 0. The van der Waals surface area contributed by atoms with E-state index in [0.29, 0.717) is 19.3 Å². The Hall–Kier alpha value is -2.63. The van der Waals surface area contributed by atoms with Gasteiger partial charge in [-0.3, -0.25) is 14.4 Å². The smallest absolute Gasteiger partial charge is 0.306 e. The highest BCUT2D eigenvalue weighted by Gasteiger charge is 2.19. The van der Waals surface area contributed by atoms with E-state index in [0.717, 1.165) is 83.5 Å². The van der Waals surface area contributed by atoms with E-state index >= 15 is 0 Å². The molecule has 0 aliphatic rings. The van der Waals surface area contributed by atoms with Crippen LogP contribution in [0.3, 0.4) is 0 Å². The average Bonchev–Trinajstić information content (AvgIpc) is 3.36. The summed E-state index contributed by atoms with van der Waals surface area (Å²) in [5.74, 6) is -0.851. The number of hydrogen-bond acceptors (Lipinski definition) is 6. The van der Waals surface area contributed by atoms with Crippen molar-refractivity contribution in [3.05, 3.63) is 48.6 Å². The second kappa shape index (κ2) is 58.9. The number of rotatable bonds is 56. The van der Waals surface area contributed by atoms with Crippen molar-refractivity contribution in [2.45, 2.75) is 329 Å². The molecule has 1 unspecified atom stereocenters. The van der Waals surface area contributed by atoms with Crippen LogP contribution in [0.2, 0.25) is 0 Å². The first-order valence-electron chi connectivity index (χ1n) is 30.6. The molecular formula is C64H116O6. The maximum atomic E-state index is 12.8. The maximum Gasteiger partial charge on any atom is 0.306 e. The molecule has 0 rings (SSSR count). The molecule has 0 heterocycles. The predicted molar refractivity (Wildman–Crippen MR) is 302 cm³/mol. The van der Waals surface area contributed by atoms with Gasteiger partial charge in [-0.05, 0) is 57.8 Å². The van der Waals surface area contributed by atoms with E-state index in [1.54, 1.807) is 0 Å². The number of carbonyl (C=O) groups excluding carboxylic acids is 3. The highest BCUT2D eigenvalue weighted by Crippen LogP contribution is 2.17. The van der Waals surface area contributed by atoms with Gasteiger partial charge < -0.3 is 14.2 Å². The van der Waals surface area contributed by atoms with Crippen molar-refractivity contribution in [2.75, 3.05) is 13.2 Å². The largest absolute Gasteiger partial charge is 0.462 e. The van der Waals surface area contributed by atoms with Gasteiger partial charge in [0.05, 0.1) is 0 Å². The summed E-state index contributed by atoms with van der Waals surface area (Å²) in [6.07, 6.45) is 72.8. The van der Waals surface area contributed by atoms with Crippen LogP contribution in [0.5, 0.6) is 0 Å². The molecule has 0 bridgehead atoms. The minimum absolute atomic E-state index is 0.0663. The van der Waals surface area contributed by atoms with Gasteiger partial charge in [-0.1, -0.05) is 294 Å². The zero-order valence-electron chi connectivity index (χ0n) is 46.8. The predicted octanol–water partition coefficient (Wildman–Crippen LogP) is 20.6. The van der Waals surface area contributed by atoms with Crippen LogP contribution in [-0.2, 0) is 28.6 Å². The molecular weight excluding hydrogens is 865 g/mol. The van der Waals surface area contributed by atoms with Gasteiger partial charge in [0.2, 0.25) is 0 Å². The van der Waals surface area contributed by atoms with Gasteiger partial charge in [0.1, 0.15) is 13.2 Å². The molecule has 0 aliphatic carbocycles. The summed E-state index contributed by atoms with van der Waals surface area (Å²) in [6.45, 7) is 6.54. The lowest BCUT2D eigenvalue weighted by atomic mass is 10.0. The van der Waals surface area contributed by atoms with E-state index < -0.39 is 6.10 Å². The number of carbonyl (C=O) groups is 3. The Morgan fingerprint density at radius 3 is 0.871 bits per heavy atom. The van der Waals surface area contributed by atoms with E-state index in [-0.39, 0.29) is 31.1 Å². The standard InChI is InChI=1S/C64H116O6/c1-4-7-10-13-16-19-22-23-24-25-26-27-28-29-30-31-32-33-34-35-36-37-38-39-40-41-43-45-48-51-54-57-63(66)69-60-61(59-68-62(65)56-53-50-47-44-21-18-15-12-9-6-3)70-64(67)58-55-52-49-46-42-20-17-14-11-8-5-2/h7,10,16,19,23-24,26-27,61H,4-6,8-9,11-15,17-18,20-22,25,28-60H2,1-3H3/b10-7-,19-16-,24-23-,27-26-. The van der Waals surface area contributed by atoms with E-state index in [1.165, 1.54) is 199 Å². The molecule has 0 spiro atoms. The molecule has 0 fully saturated rings. The van der Waals surface area contributed by atoms with Gasteiger partial charge in [-0.2, -0.15) is 0 Å². The molecule has 0 saturated carbocycles. The van der Waals surface area contributed by atoms with Crippen LogP contribution in [0.4, 0.5) is 0 Å². The third-order valence-corrected chi connectivity index (χ3v) is 13.6. The molecule has 6 heteroatoms. The summed E-state index contributed by atoms with van der Waals surface area (Å²) in [6, 6.07) is 0. The second-order valence-electron chi connectivity index (χ2n) is 20.6. The van der Waals surface area contributed by atoms with Crippen molar-refractivity contribution >= 4 is 17.9 Å². The summed E-state index contributed by atoms with van der Waals surface area (Å²) in [7, 11) is 0. The van der Waals surface area contributed by atoms with Gasteiger partial charge in [0.25, 0.3) is 0 Å². The molecule has 0 radical (unpaired) electrons. The molecule has 0 aromatic carbocycles. The lowest BCUT2D eigenvalue weighted by Gasteiger charge is -2.18. The van der Waals surface area contributed by atoms with E-state index in [4.69, 9.17) is 14.2 Å². The monoisotopic (exact) mass is 981 g/mol. The van der Waals surface area contributed by atoms with Gasteiger partial charge in [-0.25, -0.2) is 0 Å². The fourth-order valence-electron chi connectivity index (χ4n) is 9.02. The summed E-state index contributed by atoms with van der Waals surface area (Å²) in [5.41, 5.74) is 0. The number of esters is 3. The minimum atomic E-state index is -0.765. The lowest BCUT2D eigenvalue weighted by Crippen LogP contribution is -2.30. The number of unbranched alkanes of at least 4 members (excludes halogenated alkanes) is 37. The van der Waals surface area contributed by atoms with Crippen LogP contribution in [0, 0.1) is 0 Å². The molecule has 1 atom stereocenters. The molecule has 0 aromatic rings. The third kappa shape index (κ3) is 56.3. The normalized spacial score (nSPS) is 12.3. The Kier molecular flexibility index (Phi) is 56.7. The molecule has 0 aliphatic heterocycles. The fraction of sp³-hybridized carbons (Fsp3) is 0.828. The van der Waals surface area contributed by atoms with Crippen LogP contribution in [-0.4, -0.2) is 37.2 Å². The zero-order valence-corrected chi connectivity index (χ0v) is 46.8. The summed E-state index contributed by atoms with van der Waals surface area (Å²) < 4.78 is 16.8. The fourth-order valence-corrected chi connectivity index (χ4v) is 9.02. The molecule has 6 nitrogen and oxygen atoms in total. The molecule has 408 valence electrons. The van der Waals surface area contributed by atoms with Gasteiger partial charge in [0, 0.05) is 19.3 Å². The highest BCUT2D eigenvalue weighted by molar-refractivity contribution is 5.71. The average molecular weight is 982 g/mol. The molecule has 0 amide bonds. The second-order valence-corrected chi connectivity index (χ2v) is 20.6. The molecule has 0 saturated heterocycles. The van der Waals surface area contributed by atoms with Crippen LogP contribution in [0.15, 0.2) is 48.6 Å². The van der Waals surface area contributed by atoms with Crippen LogP contribution < -0.4 is 0 Å². The molecule has 0 N–H and O–H groups in total. The van der Waals surface area contributed by atoms with Crippen molar-refractivity contribution in [2.24, 2.45) is 0 Å². The van der Waals surface area contributed by atoms with Crippen LogP contribution in [0.25, 0.3) is 0 Å². The first kappa shape index (κ1) is 67.4. The Morgan fingerprint density at radius 1 is 0.300 bits per heavy atom. The zero-order chi connectivity index (χ0) is 50.7. The lowest BCUT2D eigenvalue weighted by molar-refractivity contribution is -0.167. The Balaban J connectivity index is 4.02. The van der Waals surface area contributed by atoms with Crippen LogP contribution >= 0.6 is 0 Å². The quantitative estimate of drug-likeness (QED) is 0.0261. The van der Waals surface area contributed by atoms with Gasteiger partial charge in [0.15, 0.2) is 6.10 Å². The van der Waals surface area contributed by atoms with E-state index in [9.17, 15) is 14.4 Å². The maximum absolute atomic E-state index is 12.8. The Labute approximate surface area is 435 Å². The van der Waals surface area contributed by atoms with Crippen molar-refractivity contribution in [1.29, 1.82) is 0 Å². The Morgan fingerprint density at radius 2 is 0.557 bits per heavy atom. The van der Waals surface area contributed by atoms with Gasteiger partial charge >= 0.3 is 17.9 Å². The van der Waals surface area contributed by atoms with E-state index in [2.05, 4.69) is 69.4 Å². The van der Waals surface area contributed by atoms with Crippen molar-refractivity contribution in [1.82, 2.24) is 0 Å². The van der Waals surface area contributed by atoms with Crippen molar-refractivity contribution < 1.29 is 28.6 Å². The summed E-state index contributed by atoms with van der Waals surface area (Å²) in [4.78, 5) is 38.0. The van der Waals surface area contributed by atoms with Crippen molar-refractivity contribution in [3.63, 3.8) is 0 Å². The molecule has 0 aromatic heterocycles. The number of ether oxygens (including phenoxy) is 3. The number of allylic oxidation sites excluding steroid dienone is 8. The Bertz CT molecular complexity index is 1220. The van der Waals surface area contributed by atoms with E-state index in [1.807, 2.05) is 0 Å². The van der Waals surface area contributed by atoms with Crippen molar-refractivity contribution in [3.8, 4) is 0 Å². The summed E-state index contributed by atoms with van der Waals surface area (Å²) in [5, 5.41) is 0. The minimum Gasteiger partial charge on any atom is -0.462 e. The van der Waals surface area contributed by atoms with Crippen LogP contribution in [0.1, 0.15) is 323 Å². The first-order valence-corrected chi connectivity index (χ1v) is 30.6. The third-order valence-electron chi connectivity index (χ3n) is 13.6. The first-order chi connectivity index (χ1) is 34.5. The molecule has 70 heavy (non-hydrogen) atoms. The topological polar surface area (TPSA) is 78.9 Å². The summed E-state index contributed by atoms with van der Waals surface area (Å²) >= 11 is 0. The SMILES string of the molecule is CC/C=C\C/C=C\C/C=C\C/C=C\CCCCCCCCCCCCCCCCCCCCC(=O)OCC(COC(=O)CCCCCCCCCCCC)OC(=O)CCCCCCCCCCCCC.